The van der Waals surface area contributed by atoms with Gasteiger partial charge in [-0.1, -0.05) is 11.6 Å². The number of carbonyl (C=O) groups excluding carboxylic acids is 1. The first-order chi connectivity index (χ1) is 12.5. The maximum absolute atomic E-state index is 14.1. The zero-order chi connectivity index (χ0) is 20.5. The summed E-state index contributed by atoms with van der Waals surface area (Å²) >= 11 is 5.65. The van der Waals surface area contributed by atoms with Crippen molar-refractivity contribution in [2.45, 2.75) is 4.90 Å². The molecule has 5 nitrogen and oxygen atoms in total. The van der Waals surface area contributed by atoms with Crippen molar-refractivity contribution in [1.82, 2.24) is 4.72 Å². The highest BCUT2D eigenvalue weighted by Crippen LogP contribution is 2.35. The summed E-state index contributed by atoms with van der Waals surface area (Å²) in [5.41, 5.74) is -2.39. The molecular formula is C15H9ClF5NO4S. The van der Waals surface area contributed by atoms with Crippen LogP contribution in [0.15, 0.2) is 23.1 Å². The van der Waals surface area contributed by atoms with Crippen molar-refractivity contribution in [2.75, 3.05) is 13.7 Å². The minimum Gasteiger partial charge on any atom is -0.375 e. The summed E-state index contributed by atoms with van der Waals surface area (Å²) in [6, 6.07) is 0.752. The summed E-state index contributed by atoms with van der Waals surface area (Å²) in [7, 11) is -3.58. The Labute approximate surface area is 154 Å². The van der Waals surface area contributed by atoms with E-state index in [4.69, 9.17) is 11.6 Å². The molecule has 0 atom stereocenters. The number of halogens is 6. The highest BCUT2D eigenvalue weighted by Gasteiger charge is 2.27. The number of sulfonamides is 1. The van der Waals surface area contributed by atoms with Gasteiger partial charge in [0.15, 0.2) is 17.5 Å². The minimum atomic E-state index is -4.69. The van der Waals surface area contributed by atoms with Crippen LogP contribution in [0, 0.1) is 29.1 Å². The number of nitrogens with one attached hydrogen (secondary N) is 1. The minimum absolute atomic E-state index is 0.0314. The highest BCUT2D eigenvalue weighted by atomic mass is 35.5. The molecule has 0 aliphatic rings. The van der Waals surface area contributed by atoms with Crippen LogP contribution in [0.3, 0.4) is 0 Å². The van der Waals surface area contributed by atoms with E-state index in [1.807, 2.05) is 0 Å². The van der Waals surface area contributed by atoms with E-state index in [9.17, 15) is 35.2 Å². The van der Waals surface area contributed by atoms with E-state index in [1.165, 1.54) is 0 Å². The fourth-order valence-corrected chi connectivity index (χ4v) is 3.62. The molecular weight excluding hydrogens is 421 g/mol. The maximum Gasteiger partial charge on any atom is 0.265 e. The third kappa shape index (κ3) is 4.20. The van der Waals surface area contributed by atoms with Crippen LogP contribution in [0.25, 0.3) is 11.1 Å². The van der Waals surface area contributed by atoms with Crippen molar-refractivity contribution < 1.29 is 39.9 Å². The van der Waals surface area contributed by atoms with Crippen molar-refractivity contribution in [2.24, 2.45) is 0 Å². The second-order valence-corrected chi connectivity index (χ2v) is 7.13. The van der Waals surface area contributed by atoms with E-state index >= 15 is 0 Å². The van der Waals surface area contributed by atoms with Crippen LogP contribution in [0.5, 0.6) is 0 Å². The van der Waals surface area contributed by atoms with Gasteiger partial charge >= 0.3 is 0 Å². The number of hydrogen-bond donors (Lipinski definition) is 1. The number of amides is 1. The molecule has 2 aromatic carbocycles. The molecule has 0 unspecified atom stereocenters. The Hall–Kier alpha value is -2.24. The highest BCUT2D eigenvalue weighted by molar-refractivity contribution is 7.90. The average Bonchev–Trinajstić information content (AvgIpc) is 2.54. The van der Waals surface area contributed by atoms with Gasteiger partial charge in [0, 0.05) is 18.7 Å². The summed E-state index contributed by atoms with van der Waals surface area (Å²) in [6.07, 6.45) is 0. The van der Waals surface area contributed by atoms with Crippen LogP contribution < -0.4 is 4.72 Å². The second kappa shape index (κ2) is 7.79. The topological polar surface area (TPSA) is 72.5 Å². The van der Waals surface area contributed by atoms with Crippen molar-refractivity contribution in [3.8, 4) is 11.1 Å². The molecule has 0 aromatic heterocycles. The smallest absolute Gasteiger partial charge is 0.265 e. The zero-order valence-corrected chi connectivity index (χ0v) is 14.8. The van der Waals surface area contributed by atoms with Crippen molar-refractivity contribution in [3.63, 3.8) is 0 Å². The number of carbonyl (C=O) groups is 1. The van der Waals surface area contributed by atoms with Gasteiger partial charge < -0.3 is 4.74 Å². The van der Waals surface area contributed by atoms with Gasteiger partial charge in [-0.05, 0) is 12.1 Å². The first-order valence-corrected chi connectivity index (χ1v) is 8.72. The fraction of sp³-hybridized carbons (Fsp3) is 0.133. The SMILES string of the molecule is COCC(=O)NS(=O)(=O)c1cc(-c2c(F)cc(F)c(F)c2F)c(F)cc1Cl. The third-order valence-corrected chi connectivity index (χ3v) is 5.06. The Bertz CT molecular complexity index is 1030. The van der Waals surface area contributed by atoms with Crippen molar-refractivity contribution in [1.29, 1.82) is 0 Å². The van der Waals surface area contributed by atoms with Crippen molar-refractivity contribution >= 4 is 27.5 Å². The van der Waals surface area contributed by atoms with Crippen LogP contribution in [0.1, 0.15) is 0 Å². The van der Waals surface area contributed by atoms with E-state index in [2.05, 4.69) is 4.74 Å². The van der Waals surface area contributed by atoms with Crippen molar-refractivity contribution in [3.05, 3.63) is 52.3 Å². The molecule has 0 saturated carbocycles. The first kappa shape index (κ1) is 21.1. The number of methoxy groups -OCH3 is 1. The van der Waals surface area contributed by atoms with Crippen LogP contribution in [0.4, 0.5) is 22.0 Å². The van der Waals surface area contributed by atoms with Gasteiger partial charge in [-0.2, -0.15) is 0 Å². The summed E-state index contributed by atoms with van der Waals surface area (Å²) in [4.78, 5) is 10.5. The monoisotopic (exact) mass is 429 g/mol. The standard InChI is InChI=1S/C15H9ClF5NO4S/c1-26-5-12(23)22-27(24,25)11-2-6(8(17)3-7(11)16)13-9(18)4-10(19)14(20)15(13)21/h2-4H,5H2,1H3,(H,22,23). The second-order valence-electron chi connectivity index (χ2n) is 5.07. The third-order valence-electron chi connectivity index (χ3n) is 3.22. The first-order valence-electron chi connectivity index (χ1n) is 6.86. The van der Waals surface area contributed by atoms with Crippen LogP contribution in [-0.4, -0.2) is 28.0 Å². The molecule has 2 rings (SSSR count). The lowest BCUT2D eigenvalue weighted by atomic mass is 10.0. The van der Waals surface area contributed by atoms with Gasteiger partial charge in [0.1, 0.15) is 23.1 Å². The molecule has 1 amide bonds. The lowest BCUT2D eigenvalue weighted by molar-refractivity contribution is -0.122. The van der Waals surface area contributed by atoms with Gasteiger partial charge in [-0.25, -0.2) is 35.1 Å². The van der Waals surface area contributed by atoms with Gasteiger partial charge in [-0.3, -0.25) is 4.79 Å². The number of benzene rings is 2. The zero-order valence-electron chi connectivity index (χ0n) is 13.2. The normalized spacial score (nSPS) is 11.5. The molecule has 146 valence electrons. The van der Waals surface area contributed by atoms with E-state index in [0.717, 1.165) is 7.11 Å². The molecule has 0 aliphatic carbocycles. The van der Waals surface area contributed by atoms with E-state index in [-0.39, 0.29) is 6.07 Å². The Morgan fingerprint density at radius 2 is 1.67 bits per heavy atom. The summed E-state index contributed by atoms with van der Waals surface area (Å²) < 4.78 is 98.9. The molecule has 0 saturated heterocycles. The average molecular weight is 430 g/mol. The lowest BCUT2D eigenvalue weighted by Gasteiger charge is -2.13. The van der Waals surface area contributed by atoms with E-state index in [1.54, 1.807) is 4.72 Å². The summed E-state index contributed by atoms with van der Waals surface area (Å²) in [5.74, 6) is -10.2. The quantitative estimate of drug-likeness (QED) is 0.450. The Morgan fingerprint density at radius 1 is 1.04 bits per heavy atom. The van der Waals surface area contributed by atoms with Crippen LogP contribution in [-0.2, 0) is 19.6 Å². The Morgan fingerprint density at radius 3 is 2.26 bits per heavy atom. The molecule has 27 heavy (non-hydrogen) atoms. The van der Waals surface area contributed by atoms with E-state index < -0.39 is 72.7 Å². The molecule has 12 heteroatoms. The number of hydrogen-bond acceptors (Lipinski definition) is 4. The van der Waals surface area contributed by atoms with Gasteiger partial charge in [-0.15, -0.1) is 0 Å². The van der Waals surface area contributed by atoms with Gasteiger partial charge in [0.25, 0.3) is 15.9 Å². The molecule has 0 aliphatic heterocycles. The summed E-state index contributed by atoms with van der Waals surface area (Å²) in [5, 5.41) is -0.725. The molecule has 0 bridgehead atoms. The molecule has 2 aromatic rings. The molecule has 0 radical (unpaired) electrons. The Kier molecular flexibility index (Phi) is 6.07. The molecule has 0 fully saturated rings. The molecule has 1 N–H and O–H groups in total. The number of rotatable bonds is 5. The summed E-state index contributed by atoms with van der Waals surface area (Å²) in [6.45, 7) is -0.642. The number of ether oxygens (including phenoxy) is 1. The molecule has 0 heterocycles. The predicted octanol–water partition coefficient (Wildman–Crippen LogP) is 3.15. The van der Waals surface area contributed by atoms with E-state index in [0.29, 0.717) is 12.1 Å². The van der Waals surface area contributed by atoms with Gasteiger partial charge in [0.05, 0.1) is 10.6 Å². The molecule has 0 spiro atoms. The largest absolute Gasteiger partial charge is 0.375 e. The van der Waals surface area contributed by atoms with Crippen LogP contribution in [0.2, 0.25) is 5.02 Å². The van der Waals surface area contributed by atoms with Gasteiger partial charge in [0.2, 0.25) is 0 Å². The fourth-order valence-electron chi connectivity index (χ4n) is 2.11. The lowest BCUT2D eigenvalue weighted by Crippen LogP contribution is -2.33. The Balaban J connectivity index is 2.69. The predicted molar refractivity (Wildman–Crippen MR) is 83.9 cm³/mol. The van der Waals surface area contributed by atoms with Crippen LogP contribution >= 0.6 is 11.6 Å². The maximum atomic E-state index is 14.1.